The molecule has 0 amide bonds. The minimum Gasteiger partial charge on any atom is -0.465 e. The summed E-state index contributed by atoms with van der Waals surface area (Å²) in [6, 6.07) is 4.00. The zero-order valence-corrected chi connectivity index (χ0v) is 9.42. The molecule has 0 saturated heterocycles. The molecule has 0 aliphatic carbocycles. The van der Waals surface area contributed by atoms with Gasteiger partial charge in [-0.1, -0.05) is 33.3 Å². The van der Waals surface area contributed by atoms with E-state index < -0.39 is 0 Å². The van der Waals surface area contributed by atoms with E-state index in [1.54, 1.807) is 6.26 Å². The second-order valence-electron chi connectivity index (χ2n) is 4.02. The van der Waals surface area contributed by atoms with Gasteiger partial charge < -0.3 is 4.42 Å². The molecule has 14 heavy (non-hydrogen) atoms. The Balaban J connectivity index is 2.72. The molecule has 0 radical (unpaired) electrons. The van der Waals surface area contributed by atoms with Crippen molar-refractivity contribution in [2.24, 2.45) is 5.92 Å². The Labute approximate surface area is 86.8 Å². The van der Waals surface area contributed by atoms with Gasteiger partial charge in [-0.15, -0.1) is 0 Å². The van der Waals surface area contributed by atoms with Gasteiger partial charge in [-0.2, -0.15) is 0 Å². The van der Waals surface area contributed by atoms with Gasteiger partial charge in [0.15, 0.2) is 0 Å². The molecule has 0 fully saturated rings. The Morgan fingerprint density at radius 1 is 1.50 bits per heavy atom. The summed E-state index contributed by atoms with van der Waals surface area (Å²) in [6.07, 6.45) is 7.64. The summed E-state index contributed by atoms with van der Waals surface area (Å²) in [4.78, 5) is 0. The quantitative estimate of drug-likeness (QED) is 0.669. The van der Waals surface area contributed by atoms with Crippen molar-refractivity contribution in [3.05, 3.63) is 30.2 Å². The third kappa shape index (κ3) is 3.41. The summed E-state index contributed by atoms with van der Waals surface area (Å²) in [5.74, 6) is 1.62. The van der Waals surface area contributed by atoms with Crippen LogP contribution < -0.4 is 0 Å². The largest absolute Gasteiger partial charge is 0.465 e. The fraction of sp³-hybridized carbons (Fsp3) is 0.538. The maximum absolute atomic E-state index is 5.43. The normalized spacial score (nSPS) is 12.4. The molecule has 0 aromatic carbocycles. The SMILES string of the molecule is CCCC/C(=C\C(C)C)c1ccco1. The van der Waals surface area contributed by atoms with E-state index in [-0.39, 0.29) is 0 Å². The summed E-state index contributed by atoms with van der Waals surface area (Å²) < 4.78 is 5.43. The molecule has 0 bridgehead atoms. The van der Waals surface area contributed by atoms with Gasteiger partial charge in [-0.25, -0.2) is 0 Å². The van der Waals surface area contributed by atoms with Crippen LogP contribution in [0.3, 0.4) is 0 Å². The second kappa shape index (κ2) is 5.69. The van der Waals surface area contributed by atoms with Gasteiger partial charge in [-0.05, 0) is 36.5 Å². The van der Waals surface area contributed by atoms with Crippen LogP contribution in [0.2, 0.25) is 0 Å². The van der Waals surface area contributed by atoms with Crippen molar-refractivity contribution >= 4 is 5.57 Å². The first kappa shape index (κ1) is 11.1. The highest BCUT2D eigenvalue weighted by atomic mass is 16.3. The summed E-state index contributed by atoms with van der Waals surface area (Å²) in [5, 5.41) is 0. The number of unbranched alkanes of at least 4 members (excludes halogenated alkanes) is 1. The van der Waals surface area contributed by atoms with Crippen LogP contribution >= 0.6 is 0 Å². The molecule has 0 aliphatic rings. The molecule has 1 nitrogen and oxygen atoms in total. The predicted octanol–water partition coefficient (Wildman–Crippen LogP) is 4.51. The van der Waals surface area contributed by atoms with E-state index in [0.29, 0.717) is 5.92 Å². The molecule has 0 aliphatic heterocycles. The highest BCUT2D eigenvalue weighted by Gasteiger charge is 2.04. The average molecular weight is 192 g/mol. The van der Waals surface area contributed by atoms with E-state index in [1.165, 1.54) is 18.4 Å². The van der Waals surface area contributed by atoms with E-state index in [9.17, 15) is 0 Å². The molecular weight excluding hydrogens is 172 g/mol. The Kier molecular flexibility index (Phi) is 4.51. The van der Waals surface area contributed by atoms with Crippen LogP contribution in [0.15, 0.2) is 28.9 Å². The first-order valence-corrected chi connectivity index (χ1v) is 5.48. The maximum atomic E-state index is 5.43. The molecule has 0 unspecified atom stereocenters. The number of hydrogen-bond donors (Lipinski definition) is 0. The highest BCUT2D eigenvalue weighted by Crippen LogP contribution is 2.22. The standard InChI is InChI=1S/C13H20O/c1-4-5-7-12(10-11(2)3)13-8-6-9-14-13/h6,8-11H,4-5,7H2,1-3H3/b12-10+. The Morgan fingerprint density at radius 2 is 2.29 bits per heavy atom. The third-order valence-corrected chi connectivity index (χ3v) is 2.17. The van der Waals surface area contributed by atoms with Crippen molar-refractivity contribution in [1.82, 2.24) is 0 Å². The molecule has 1 rings (SSSR count). The van der Waals surface area contributed by atoms with Gasteiger partial charge in [0.25, 0.3) is 0 Å². The molecule has 0 N–H and O–H groups in total. The van der Waals surface area contributed by atoms with Crippen LogP contribution in [-0.2, 0) is 0 Å². The van der Waals surface area contributed by atoms with Crippen LogP contribution in [0.1, 0.15) is 45.8 Å². The lowest BCUT2D eigenvalue weighted by Crippen LogP contribution is -1.87. The van der Waals surface area contributed by atoms with Crippen molar-refractivity contribution < 1.29 is 4.42 Å². The molecule has 1 aromatic heterocycles. The number of rotatable bonds is 5. The molecule has 78 valence electrons. The molecule has 1 aromatic rings. The Morgan fingerprint density at radius 3 is 2.79 bits per heavy atom. The number of allylic oxidation sites excluding steroid dienone is 2. The van der Waals surface area contributed by atoms with E-state index in [0.717, 1.165) is 12.2 Å². The van der Waals surface area contributed by atoms with Crippen LogP contribution in [0.25, 0.3) is 5.57 Å². The monoisotopic (exact) mass is 192 g/mol. The van der Waals surface area contributed by atoms with Gasteiger partial charge in [0.1, 0.15) is 5.76 Å². The van der Waals surface area contributed by atoms with Crippen molar-refractivity contribution in [3.8, 4) is 0 Å². The predicted molar refractivity (Wildman–Crippen MR) is 61.0 cm³/mol. The van der Waals surface area contributed by atoms with E-state index in [1.807, 2.05) is 12.1 Å². The fourth-order valence-corrected chi connectivity index (χ4v) is 1.52. The van der Waals surface area contributed by atoms with Gasteiger partial charge >= 0.3 is 0 Å². The first-order chi connectivity index (χ1) is 6.74. The molecular formula is C13H20O. The Hall–Kier alpha value is -0.980. The summed E-state index contributed by atoms with van der Waals surface area (Å²) in [6.45, 7) is 6.62. The van der Waals surface area contributed by atoms with Gasteiger partial charge in [-0.3, -0.25) is 0 Å². The lowest BCUT2D eigenvalue weighted by atomic mass is 10.0. The molecule has 0 spiro atoms. The van der Waals surface area contributed by atoms with Gasteiger partial charge in [0.2, 0.25) is 0 Å². The minimum absolute atomic E-state index is 0.590. The molecule has 0 atom stereocenters. The fourth-order valence-electron chi connectivity index (χ4n) is 1.52. The third-order valence-electron chi connectivity index (χ3n) is 2.17. The lowest BCUT2D eigenvalue weighted by Gasteiger charge is -2.05. The van der Waals surface area contributed by atoms with Gasteiger partial charge in [0, 0.05) is 0 Å². The van der Waals surface area contributed by atoms with E-state index in [4.69, 9.17) is 4.42 Å². The summed E-state index contributed by atoms with van der Waals surface area (Å²) in [5.41, 5.74) is 1.35. The zero-order chi connectivity index (χ0) is 10.4. The summed E-state index contributed by atoms with van der Waals surface area (Å²) >= 11 is 0. The van der Waals surface area contributed by atoms with Crippen LogP contribution in [-0.4, -0.2) is 0 Å². The highest BCUT2D eigenvalue weighted by molar-refractivity contribution is 5.61. The second-order valence-corrected chi connectivity index (χ2v) is 4.02. The molecule has 0 saturated carbocycles. The topological polar surface area (TPSA) is 13.1 Å². The van der Waals surface area contributed by atoms with Crippen molar-refractivity contribution in [2.75, 3.05) is 0 Å². The minimum atomic E-state index is 0.590. The van der Waals surface area contributed by atoms with E-state index >= 15 is 0 Å². The first-order valence-electron chi connectivity index (χ1n) is 5.48. The van der Waals surface area contributed by atoms with E-state index in [2.05, 4.69) is 26.8 Å². The van der Waals surface area contributed by atoms with Crippen molar-refractivity contribution in [2.45, 2.75) is 40.0 Å². The smallest absolute Gasteiger partial charge is 0.129 e. The molecule has 1 heteroatoms. The zero-order valence-electron chi connectivity index (χ0n) is 9.42. The maximum Gasteiger partial charge on any atom is 0.129 e. The summed E-state index contributed by atoms with van der Waals surface area (Å²) in [7, 11) is 0. The van der Waals surface area contributed by atoms with Gasteiger partial charge in [0.05, 0.1) is 6.26 Å². The van der Waals surface area contributed by atoms with Crippen LogP contribution in [0.4, 0.5) is 0 Å². The lowest BCUT2D eigenvalue weighted by molar-refractivity contribution is 0.548. The van der Waals surface area contributed by atoms with Crippen molar-refractivity contribution in [3.63, 3.8) is 0 Å². The van der Waals surface area contributed by atoms with Crippen LogP contribution in [0.5, 0.6) is 0 Å². The number of hydrogen-bond acceptors (Lipinski definition) is 1. The van der Waals surface area contributed by atoms with Crippen LogP contribution in [0, 0.1) is 5.92 Å². The average Bonchev–Trinajstić information content (AvgIpc) is 2.64. The number of furan rings is 1. The molecule has 1 heterocycles. The Bertz CT molecular complexity index is 267. The van der Waals surface area contributed by atoms with Crippen molar-refractivity contribution in [1.29, 1.82) is 0 Å².